The zero-order valence-electron chi connectivity index (χ0n) is 10.4. The number of nitrogens with zero attached hydrogens (tertiary/aromatic N) is 1. The molecule has 1 unspecified atom stereocenters. The predicted molar refractivity (Wildman–Crippen MR) is 63.8 cm³/mol. The van der Waals surface area contributed by atoms with Gasteiger partial charge < -0.3 is 15.7 Å². The van der Waals surface area contributed by atoms with Gasteiger partial charge in [0, 0.05) is 12.1 Å². The van der Waals surface area contributed by atoms with E-state index in [1.165, 1.54) is 19.4 Å². The maximum Gasteiger partial charge on any atom is 0.0608 e. The van der Waals surface area contributed by atoms with Gasteiger partial charge in [-0.3, -0.25) is 0 Å². The summed E-state index contributed by atoms with van der Waals surface area (Å²) in [5, 5.41) is 9.08. The topological polar surface area (TPSA) is 49.5 Å². The van der Waals surface area contributed by atoms with Crippen LogP contribution < -0.4 is 5.73 Å². The van der Waals surface area contributed by atoms with Gasteiger partial charge in [0.2, 0.25) is 0 Å². The summed E-state index contributed by atoms with van der Waals surface area (Å²) in [5.41, 5.74) is 5.96. The highest BCUT2D eigenvalue weighted by Gasteiger charge is 2.27. The van der Waals surface area contributed by atoms with Crippen molar-refractivity contribution in [2.45, 2.75) is 45.6 Å². The lowest BCUT2D eigenvalue weighted by Crippen LogP contribution is -2.46. The van der Waals surface area contributed by atoms with E-state index in [4.69, 9.17) is 10.8 Å². The average Bonchev–Trinajstić information content (AvgIpc) is 2.14. The van der Waals surface area contributed by atoms with Crippen LogP contribution in [0.4, 0.5) is 0 Å². The number of hydrogen-bond donors (Lipinski definition) is 2. The number of likely N-dealkylation sites (tertiary alicyclic amines) is 1. The second kappa shape index (κ2) is 4.81. The largest absolute Gasteiger partial charge is 0.394 e. The van der Waals surface area contributed by atoms with Crippen molar-refractivity contribution in [3.05, 3.63) is 0 Å². The van der Waals surface area contributed by atoms with E-state index < -0.39 is 5.54 Å². The minimum absolute atomic E-state index is 0.0736. The molecule has 0 spiro atoms. The Kier molecular flexibility index (Phi) is 4.15. The summed E-state index contributed by atoms with van der Waals surface area (Å²) < 4.78 is 0. The van der Waals surface area contributed by atoms with Gasteiger partial charge in [0.1, 0.15) is 0 Å². The summed E-state index contributed by atoms with van der Waals surface area (Å²) in [7, 11) is 0. The Balaban J connectivity index is 2.33. The molecule has 1 aliphatic rings. The van der Waals surface area contributed by atoms with Crippen LogP contribution in [0.2, 0.25) is 0 Å². The fourth-order valence-corrected chi connectivity index (χ4v) is 2.23. The summed E-state index contributed by atoms with van der Waals surface area (Å²) in [4.78, 5) is 2.48. The number of aliphatic hydroxyl groups excluding tert-OH is 1. The van der Waals surface area contributed by atoms with Gasteiger partial charge in [-0.1, -0.05) is 13.8 Å². The third-order valence-electron chi connectivity index (χ3n) is 3.34. The van der Waals surface area contributed by atoms with Gasteiger partial charge in [0.15, 0.2) is 0 Å². The van der Waals surface area contributed by atoms with Crippen molar-refractivity contribution in [3.63, 3.8) is 0 Å². The summed E-state index contributed by atoms with van der Waals surface area (Å²) in [6, 6.07) is 0. The monoisotopic (exact) mass is 214 g/mol. The molecule has 90 valence electrons. The third-order valence-corrected chi connectivity index (χ3v) is 3.34. The van der Waals surface area contributed by atoms with Gasteiger partial charge in [0.25, 0.3) is 0 Å². The van der Waals surface area contributed by atoms with Crippen molar-refractivity contribution in [2.75, 3.05) is 26.2 Å². The molecule has 0 bridgehead atoms. The molecule has 0 amide bonds. The summed E-state index contributed by atoms with van der Waals surface area (Å²) in [6.45, 7) is 10.0. The molecule has 1 saturated heterocycles. The average molecular weight is 214 g/mol. The summed E-state index contributed by atoms with van der Waals surface area (Å²) in [6.07, 6.45) is 3.48. The van der Waals surface area contributed by atoms with Crippen LogP contribution in [-0.2, 0) is 0 Å². The maximum absolute atomic E-state index is 9.08. The molecule has 15 heavy (non-hydrogen) atoms. The standard InChI is InChI=1S/C12H26N2O/c1-11(2)5-4-7-14(9-11)8-6-12(3,13)10-15/h15H,4-10,13H2,1-3H3. The lowest BCUT2D eigenvalue weighted by atomic mass is 9.84. The molecule has 1 heterocycles. The minimum Gasteiger partial charge on any atom is -0.394 e. The van der Waals surface area contributed by atoms with Crippen LogP contribution >= 0.6 is 0 Å². The first-order chi connectivity index (χ1) is 6.85. The Bertz CT molecular complexity index is 202. The van der Waals surface area contributed by atoms with Gasteiger partial charge in [-0.05, 0) is 44.7 Å². The highest BCUT2D eigenvalue weighted by atomic mass is 16.3. The van der Waals surface area contributed by atoms with Crippen molar-refractivity contribution in [1.82, 2.24) is 4.90 Å². The van der Waals surface area contributed by atoms with Crippen LogP contribution in [0.3, 0.4) is 0 Å². The maximum atomic E-state index is 9.08. The lowest BCUT2D eigenvalue weighted by molar-refractivity contribution is 0.102. The molecule has 1 atom stereocenters. The number of piperidine rings is 1. The van der Waals surface area contributed by atoms with E-state index in [2.05, 4.69) is 18.7 Å². The lowest BCUT2D eigenvalue weighted by Gasteiger charge is -2.39. The van der Waals surface area contributed by atoms with E-state index in [-0.39, 0.29) is 6.61 Å². The van der Waals surface area contributed by atoms with E-state index >= 15 is 0 Å². The molecule has 0 aliphatic carbocycles. The normalized spacial score (nSPS) is 26.2. The van der Waals surface area contributed by atoms with E-state index in [0.717, 1.165) is 19.5 Å². The van der Waals surface area contributed by atoms with Crippen molar-refractivity contribution in [3.8, 4) is 0 Å². The number of aliphatic hydroxyl groups is 1. The number of hydrogen-bond acceptors (Lipinski definition) is 3. The Morgan fingerprint density at radius 3 is 2.67 bits per heavy atom. The van der Waals surface area contributed by atoms with Crippen LogP contribution in [0, 0.1) is 5.41 Å². The highest BCUT2D eigenvalue weighted by molar-refractivity contribution is 4.83. The molecule has 0 saturated carbocycles. The van der Waals surface area contributed by atoms with Gasteiger partial charge >= 0.3 is 0 Å². The Morgan fingerprint density at radius 2 is 2.13 bits per heavy atom. The third kappa shape index (κ3) is 4.49. The molecule has 0 aromatic heterocycles. The quantitative estimate of drug-likeness (QED) is 0.739. The molecule has 3 nitrogen and oxygen atoms in total. The second-order valence-electron chi connectivity index (χ2n) is 6.11. The van der Waals surface area contributed by atoms with E-state index in [9.17, 15) is 0 Å². The molecule has 3 N–H and O–H groups in total. The zero-order chi connectivity index (χ0) is 11.5. The van der Waals surface area contributed by atoms with Gasteiger partial charge in [-0.15, -0.1) is 0 Å². The molecule has 0 aromatic carbocycles. The van der Waals surface area contributed by atoms with Crippen LogP contribution in [0.25, 0.3) is 0 Å². The fraction of sp³-hybridized carbons (Fsp3) is 1.00. The molecular weight excluding hydrogens is 188 g/mol. The first kappa shape index (κ1) is 12.9. The smallest absolute Gasteiger partial charge is 0.0608 e. The van der Waals surface area contributed by atoms with Crippen LogP contribution in [-0.4, -0.2) is 41.8 Å². The van der Waals surface area contributed by atoms with Crippen molar-refractivity contribution >= 4 is 0 Å². The molecule has 1 rings (SSSR count). The number of nitrogens with two attached hydrogens (primary N) is 1. The fourth-order valence-electron chi connectivity index (χ4n) is 2.23. The minimum atomic E-state index is -0.415. The Hall–Kier alpha value is -0.120. The van der Waals surface area contributed by atoms with Crippen LogP contribution in [0.15, 0.2) is 0 Å². The Morgan fingerprint density at radius 1 is 1.47 bits per heavy atom. The Labute approximate surface area is 93.6 Å². The molecule has 3 heteroatoms. The summed E-state index contributed by atoms with van der Waals surface area (Å²) >= 11 is 0. The van der Waals surface area contributed by atoms with Crippen molar-refractivity contribution in [1.29, 1.82) is 0 Å². The molecule has 1 aliphatic heterocycles. The van der Waals surface area contributed by atoms with Gasteiger partial charge in [-0.25, -0.2) is 0 Å². The highest BCUT2D eigenvalue weighted by Crippen LogP contribution is 2.28. The van der Waals surface area contributed by atoms with Crippen LogP contribution in [0.5, 0.6) is 0 Å². The predicted octanol–water partition coefficient (Wildman–Crippen LogP) is 1.21. The SMILES string of the molecule is CC1(C)CCCN(CCC(C)(N)CO)C1. The van der Waals surface area contributed by atoms with Gasteiger partial charge in [-0.2, -0.15) is 0 Å². The van der Waals surface area contributed by atoms with E-state index in [0.29, 0.717) is 5.41 Å². The first-order valence-corrected chi connectivity index (χ1v) is 5.97. The van der Waals surface area contributed by atoms with Crippen molar-refractivity contribution < 1.29 is 5.11 Å². The summed E-state index contributed by atoms with van der Waals surface area (Å²) in [5.74, 6) is 0. The molecular formula is C12H26N2O. The first-order valence-electron chi connectivity index (χ1n) is 5.97. The van der Waals surface area contributed by atoms with E-state index in [1.54, 1.807) is 0 Å². The number of rotatable bonds is 4. The molecule has 0 aromatic rings. The molecule has 0 radical (unpaired) electrons. The zero-order valence-corrected chi connectivity index (χ0v) is 10.4. The van der Waals surface area contributed by atoms with Crippen molar-refractivity contribution in [2.24, 2.45) is 11.1 Å². The van der Waals surface area contributed by atoms with Gasteiger partial charge in [0.05, 0.1) is 6.61 Å². The van der Waals surface area contributed by atoms with E-state index in [1.807, 2.05) is 6.92 Å². The second-order valence-corrected chi connectivity index (χ2v) is 6.11. The van der Waals surface area contributed by atoms with Crippen LogP contribution in [0.1, 0.15) is 40.0 Å². The molecule has 1 fully saturated rings.